The van der Waals surface area contributed by atoms with Gasteiger partial charge in [-0.3, -0.25) is 10.2 Å². The van der Waals surface area contributed by atoms with E-state index in [1.165, 1.54) is 11.3 Å². The van der Waals surface area contributed by atoms with Gasteiger partial charge < -0.3 is 20.5 Å². The fourth-order valence-electron chi connectivity index (χ4n) is 2.53. The van der Waals surface area contributed by atoms with Crippen LogP contribution in [0.5, 0.6) is 11.5 Å². The minimum Gasteiger partial charge on any atom is -0.490 e. The van der Waals surface area contributed by atoms with Gasteiger partial charge in [0.25, 0.3) is 5.91 Å². The van der Waals surface area contributed by atoms with E-state index in [0.717, 1.165) is 16.8 Å². The average Bonchev–Trinajstić information content (AvgIpc) is 3.14. The molecule has 1 heterocycles. The zero-order valence-electron chi connectivity index (χ0n) is 16.7. The second kappa shape index (κ2) is 10.3. The largest absolute Gasteiger partial charge is 0.490 e. The van der Waals surface area contributed by atoms with Crippen LogP contribution in [0.2, 0.25) is 0 Å². The summed E-state index contributed by atoms with van der Waals surface area (Å²) in [4.78, 5) is 16.3. The zero-order chi connectivity index (χ0) is 21.3. The van der Waals surface area contributed by atoms with E-state index in [0.29, 0.717) is 29.1 Å². The van der Waals surface area contributed by atoms with Gasteiger partial charge in [0, 0.05) is 11.1 Å². The first-order valence-electron chi connectivity index (χ1n) is 9.30. The molecule has 0 fully saturated rings. The first-order chi connectivity index (χ1) is 14.5. The van der Waals surface area contributed by atoms with Crippen molar-refractivity contribution in [2.24, 2.45) is 5.10 Å². The van der Waals surface area contributed by atoms with Gasteiger partial charge in [0.2, 0.25) is 5.13 Å². The quantitative estimate of drug-likeness (QED) is 0.354. The first-order valence-corrected chi connectivity index (χ1v) is 10.2. The summed E-state index contributed by atoms with van der Waals surface area (Å²) in [5, 5.41) is 9.32. The van der Waals surface area contributed by atoms with Crippen molar-refractivity contribution in [3.8, 4) is 11.5 Å². The molecule has 2 aromatic carbocycles. The van der Waals surface area contributed by atoms with E-state index in [2.05, 4.69) is 20.8 Å². The number of ether oxygens (including phenoxy) is 2. The molecule has 156 valence electrons. The smallest absolute Gasteiger partial charge is 0.262 e. The van der Waals surface area contributed by atoms with Crippen molar-refractivity contribution in [2.75, 3.05) is 29.7 Å². The first kappa shape index (κ1) is 21.1. The molecule has 0 bridgehead atoms. The number of hydrogen-bond acceptors (Lipinski definition) is 8. The van der Waals surface area contributed by atoms with Crippen molar-refractivity contribution >= 4 is 40.1 Å². The van der Waals surface area contributed by atoms with Crippen LogP contribution in [-0.2, 0) is 4.79 Å². The van der Waals surface area contributed by atoms with E-state index >= 15 is 0 Å². The van der Waals surface area contributed by atoms with Crippen LogP contribution < -0.4 is 25.9 Å². The molecule has 0 saturated heterocycles. The normalized spacial score (nSPS) is 10.7. The highest BCUT2D eigenvalue weighted by molar-refractivity contribution is 7.14. The number of para-hydroxylation sites is 1. The summed E-state index contributed by atoms with van der Waals surface area (Å²) < 4.78 is 11.3. The Labute approximate surface area is 178 Å². The number of nitrogens with one attached hydrogen (secondary N) is 2. The van der Waals surface area contributed by atoms with Gasteiger partial charge in [0.1, 0.15) is 5.82 Å². The third kappa shape index (κ3) is 5.95. The number of aromatic nitrogens is 1. The summed E-state index contributed by atoms with van der Waals surface area (Å²) >= 11 is 1.37. The Morgan fingerprint density at radius 3 is 2.80 bits per heavy atom. The number of hydrogen-bond donors (Lipinski definition) is 3. The van der Waals surface area contributed by atoms with E-state index in [1.807, 2.05) is 44.2 Å². The average molecular weight is 426 g/mol. The van der Waals surface area contributed by atoms with Crippen LogP contribution in [0.3, 0.4) is 0 Å². The molecule has 1 aromatic heterocycles. The van der Waals surface area contributed by atoms with Gasteiger partial charge in [-0.15, -0.1) is 11.3 Å². The second-order valence-electron chi connectivity index (χ2n) is 6.24. The maximum Gasteiger partial charge on any atom is 0.262 e. The SMILES string of the molecule is CCOc1cc(C=NNc2nc(N)cs2)ccc1OCC(=O)Nc1ccccc1C. The van der Waals surface area contributed by atoms with Crippen molar-refractivity contribution < 1.29 is 14.3 Å². The van der Waals surface area contributed by atoms with Crippen molar-refractivity contribution in [3.63, 3.8) is 0 Å². The van der Waals surface area contributed by atoms with Gasteiger partial charge >= 0.3 is 0 Å². The lowest BCUT2D eigenvalue weighted by atomic mass is 10.2. The summed E-state index contributed by atoms with van der Waals surface area (Å²) in [7, 11) is 0. The number of nitrogen functional groups attached to an aromatic ring is 1. The third-order valence-electron chi connectivity index (χ3n) is 3.94. The molecule has 3 rings (SSSR count). The van der Waals surface area contributed by atoms with Crippen molar-refractivity contribution in [2.45, 2.75) is 13.8 Å². The molecule has 0 radical (unpaired) electrons. The van der Waals surface area contributed by atoms with Crippen LogP contribution in [0.25, 0.3) is 0 Å². The molecule has 4 N–H and O–H groups in total. The predicted molar refractivity (Wildman–Crippen MR) is 121 cm³/mol. The molecule has 0 aliphatic rings. The zero-order valence-corrected chi connectivity index (χ0v) is 17.5. The lowest BCUT2D eigenvalue weighted by Crippen LogP contribution is -2.20. The molecule has 1 amide bonds. The lowest BCUT2D eigenvalue weighted by Gasteiger charge is -2.13. The molecule has 0 atom stereocenters. The molecule has 30 heavy (non-hydrogen) atoms. The van der Waals surface area contributed by atoms with Gasteiger partial charge in [-0.25, -0.2) is 4.98 Å². The standard InChI is InChI=1S/C21H23N5O3S/c1-3-28-18-10-15(11-23-26-21-25-19(22)13-30-21)8-9-17(18)29-12-20(27)24-16-7-5-4-6-14(16)2/h4-11,13H,3,12,22H2,1-2H3,(H,24,27)(H,25,26). The van der Waals surface area contributed by atoms with Crippen LogP contribution >= 0.6 is 11.3 Å². The van der Waals surface area contributed by atoms with Gasteiger partial charge in [-0.05, 0) is 49.2 Å². The fraction of sp³-hybridized carbons (Fsp3) is 0.190. The number of carbonyl (C=O) groups is 1. The third-order valence-corrected chi connectivity index (χ3v) is 4.71. The molecule has 0 aliphatic carbocycles. The minimum atomic E-state index is -0.246. The number of nitrogens with two attached hydrogens (primary N) is 1. The van der Waals surface area contributed by atoms with E-state index in [1.54, 1.807) is 23.7 Å². The number of thiazole rings is 1. The summed E-state index contributed by atoms with van der Waals surface area (Å²) in [6, 6.07) is 12.9. The number of benzene rings is 2. The van der Waals surface area contributed by atoms with Crippen LogP contribution in [0.1, 0.15) is 18.1 Å². The molecule has 0 unspecified atom stereocenters. The molecule has 0 spiro atoms. The summed E-state index contributed by atoms with van der Waals surface area (Å²) in [5.41, 5.74) is 10.9. The topological polar surface area (TPSA) is 111 Å². The van der Waals surface area contributed by atoms with E-state index in [9.17, 15) is 4.79 Å². The van der Waals surface area contributed by atoms with E-state index in [-0.39, 0.29) is 12.5 Å². The van der Waals surface area contributed by atoms with E-state index in [4.69, 9.17) is 15.2 Å². The molecule has 0 aliphatic heterocycles. The van der Waals surface area contributed by atoms with Crippen molar-refractivity contribution in [3.05, 3.63) is 59.0 Å². The monoisotopic (exact) mass is 425 g/mol. The van der Waals surface area contributed by atoms with Crippen LogP contribution in [-0.4, -0.2) is 30.3 Å². The van der Waals surface area contributed by atoms with Gasteiger partial charge in [-0.1, -0.05) is 18.2 Å². The van der Waals surface area contributed by atoms with Crippen LogP contribution in [0.15, 0.2) is 52.9 Å². The van der Waals surface area contributed by atoms with Gasteiger partial charge in [0.05, 0.1) is 12.8 Å². The Balaban J connectivity index is 1.61. The fourth-order valence-corrected chi connectivity index (χ4v) is 3.08. The van der Waals surface area contributed by atoms with Crippen molar-refractivity contribution in [1.29, 1.82) is 0 Å². The van der Waals surface area contributed by atoms with Crippen molar-refractivity contribution in [1.82, 2.24) is 4.98 Å². The minimum absolute atomic E-state index is 0.130. The second-order valence-corrected chi connectivity index (χ2v) is 7.10. The highest BCUT2D eigenvalue weighted by atomic mass is 32.1. The summed E-state index contributed by atoms with van der Waals surface area (Å²) in [6.45, 7) is 4.14. The van der Waals surface area contributed by atoms with E-state index < -0.39 is 0 Å². The number of nitrogens with zero attached hydrogens (tertiary/aromatic N) is 2. The predicted octanol–water partition coefficient (Wildman–Crippen LogP) is 3.90. The maximum absolute atomic E-state index is 12.2. The van der Waals surface area contributed by atoms with Crippen LogP contribution in [0.4, 0.5) is 16.6 Å². The Morgan fingerprint density at radius 1 is 1.23 bits per heavy atom. The molecule has 0 saturated carbocycles. The Morgan fingerprint density at radius 2 is 2.07 bits per heavy atom. The Hall–Kier alpha value is -3.59. The number of anilines is 3. The molecule has 9 heteroatoms. The lowest BCUT2D eigenvalue weighted by molar-refractivity contribution is -0.118. The number of carbonyl (C=O) groups excluding carboxylic acids is 1. The van der Waals surface area contributed by atoms with Gasteiger partial charge in [0.15, 0.2) is 18.1 Å². The maximum atomic E-state index is 12.2. The highest BCUT2D eigenvalue weighted by Crippen LogP contribution is 2.28. The number of amides is 1. The molecule has 3 aromatic rings. The molecule has 8 nitrogen and oxygen atoms in total. The molecular weight excluding hydrogens is 402 g/mol. The number of hydrazone groups is 1. The summed E-state index contributed by atoms with van der Waals surface area (Å²) in [5.74, 6) is 1.21. The van der Waals surface area contributed by atoms with Gasteiger partial charge in [-0.2, -0.15) is 5.10 Å². The number of rotatable bonds is 9. The number of aryl methyl sites for hydroxylation is 1. The Kier molecular flexibility index (Phi) is 7.23. The molecular formula is C21H23N5O3S. The summed E-state index contributed by atoms with van der Waals surface area (Å²) in [6.07, 6.45) is 1.63. The Bertz CT molecular complexity index is 1030. The highest BCUT2D eigenvalue weighted by Gasteiger charge is 2.10. The van der Waals surface area contributed by atoms with Crippen LogP contribution in [0, 0.1) is 6.92 Å².